The largest absolute Gasteiger partial charge is 0.416 e. The van der Waals surface area contributed by atoms with E-state index in [1.54, 1.807) is 73.8 Å². The quantitative estimate of drug-likeness (QED) is 0.0280. The molecule has 12 aromatic rings. The molecule has 4 atom stereocenters. The average molecular weight is 2020 g/mol. The number of methoxy groups -OCH3 is 4. The molecule has 4 aliphatic rings. The molecule has 2 N–H and O–H groups in total. The molecule has 0 saturated heterocycles. The van der Waals surface area contributed by atoms with E-state index in [9.17, 15) is 71.9 Å². The van der Waals surface area contributed by atoms with Crippen molar-refractivity contribution in [2.75, 3.05) is 61.4 Å². The highest BCUT2D eigenvalue weighted by Gasteiger charge is 2.38. The molecule has 4 unspecified atom stereocenters. The molecule has 8 aromatic heterocycles. The lowest BCUT2D eigenvalue weighted by Crippen LogP contribution is -2.32. The van der Waals surface area contributed by atoms with E-state index in [2.05, 4.69) is 58.3 Å². The minimum Gasteiger partial charge on any atom is -0.385 e. The highest BCUT2D eigenvalue weighted by atomic mass is 32.1. The Bertz CT molecular complexity index is 5610. The van der Waals surface area contributed by atoms with E-state index in [1.807, 2.05) is 0 Å². The Morgan fingerprint density at radius 1 is 0.373 bits per heavy atom. The van der Waals surface area contributed by atoms with Crippen LogP contribution in [0.3, 0.4) is 0 Å². The van der Waals surface area contributed by atoms with Crippen LogP contribution in [0.2, 0.25) is 0 Å². The number of ketones is 4. The van der Waals surface area contributed by atoms with Gasteiger partial charge in [0, 0.05) is 186 Å². The van der Waals surface area contributed by atoms with Crippen molar-refractivity contribution in [2.24, 2.45) is 5.92 Å². The van der Waals surface area contributed by atoms with Crippen LogP contribution >= 0.6 is 90.7 Å². The van der Waals surface area contributed by atoms with Crippen molar-refractivity contribution in [3.8, 4) is 42.3 Å². The molecule has 10 heterocycles. The van der Waals surface area contributed by atoms with Crippen LogP contribution in [-0.4, -0.2) is 111 Å². The van der Waals surface area contributed by atoms with Crippen molar-refractivity contribution in [3.63, 3.8) is 0 Å². The molecule has 134 heavy (non-hydrogen) atoms. The van der Waals surface area contributed by atoms with Crippen molar-refractivity contribution in [1.29, 1.82) is 0 Å². The molecule has 2 aliphatic heterocycles. The predicted octanol–water partition coefficient (Wildman–Crippen LogP) is 29.5. The summed E-state index contributed by atoms with van der Waals surface area (Å²) in [7, 11) is 6.70. The highest BCUT2D eigenvalue weighted by molar-refractivity contribution is 7.24. The molecule has 728 valence electrons. The van der Waals surface area contributed by atoms with Crippen LogP contribution in [0.1, 0.15) is 260 Å². The van der Waals surface area contributed by atoms with Gasteiger partial charge in [-0.3, -0.25) is 19.2 Å². The Morgan fingerprint density at radius 2 is 0.701 bits per heavy atom. The summed E-state index contributed by atoms with van der Waals surface area (Å²) in [5.41, 5.74) is 7.47. The predicted molar refractivity (Wildman–Crippen MR) is 524 cm³/mol. The summed E-state index contributed by atoms with van der Waals surface area (Å²) in [5.74, 6) is 1.77. The summed E-state index contributed by atoms with van der Waals surface area (Å²) < 4.78 is 181. The van der Waals surface area contributed by atoms with E-state index >= 15 is 0 Å². The second-order valence-electron chi connectivity index (χ2n) is 34.5. The van der Waals surface area contributed by atoms with E-state index in [0.717, 1.165) is 261 Å². The Hall–Kier alpha value is -7.16. The number of hydrogen-bond acceptors (Lipinski definition) is 22. The van der Waals surface area contributed by atoms with Crippen LogP contribution in [0.15, 0.2) is 72.8 Å². The molecule has 34 heteroatoms. The number of nitrogens with zero attached hydrogens (tertiary/aromatic N) is 4. The standard InChI is InChI=1S/2C25H28F3NO2S2.2C24H27F3N2O2S2.2CH4/c1-15-7-6-9-18-22(21(32-23(15)18)14-17(30)8-4-3-5-12-31-2)24-29-19-13-16(25(26,27)28)10-11-20(19)33-24;1-15-7-9-20-18(12-15)23(22(32-20)14-17(30)6-4-3-5-11-31-2)24-29-19-13-16(25(26,27)28)8-10-21(19)33-24;1-14-22-17(9-10-28-14)21(20(32-22)13-16(30)6-4-3-5-11-31-2)23-29-18-12-15(24(25,26)27)7-8-19(18)33-23;1-14-10-17-21(13-28-14)32-20(12-16(30)6-4-3-5-9-31-2)22(17)23-29-18-11-15(24(25,26)27)7-8-19(18)33-23;;/h10-11,13,15H,3-9,12,14H2,1-2H3;8,10,13,15H,3-7,9,11-12,14H2,1-2H3;7-8,12,14,28H,3-6,9-11,13H2,1-2H3;7-8,11,14,28H,3-6,9-10,12-13H2,1-2H3;2*1H4. The first-order chi connectivity index (χ1) is 63.1. The van der Waals surface area contributed by atoms with Gasteiger partial charge in [0.05, 0.1) is 63.1 Å². The summed E-state index contributed by atoms with van der Waals surface area (Å²) in [6, 6.07) is 15.4. The zero-order chi connectivity index (χ0) is 94.3. The maximum atomic E-state index is 13.2. The first-order valence-corrected chi connectivity index (χ1v) is 51.6. The Labute approximate surface area is 807 Å². The number of unbranched alkanes of at least 4 members (excludes halogenated alkanes) is 8. The van der Waals surface area contributed by atoms with Gasteiger partial charge in [-0.2, -0.15) is 52.7 Å². The zero-order valence-corrected chi connectivity index (χ0v) is 81.7. The summed E-state index contributed by atoms with van der Waals surface area (Å²) >= 11 is 12.3. The normalized spacial score (nSPS) is 16.1. The second-order valence-corrected chi connectivity index (χ2v) is 43.3. The number of Topliss-reactive ketones (excluding diaryl/α,β-unsaturated/α-hetero) is 4. The summed E-state index contributed by atoms with van der Waals surface area (Å²) in [6.07, 6.45) is 4.73. The van der Waals surface area contributed by atoms with Gasteiger partial charge in [-0.05, 0) is 230 Å². The van der Waals surface area contributed by atoms with Gasteiger partial charge in [-0.1, -0.05) is 54.4 Å². The van der Waals surface area contributed by atoms with E-state index in [0.29, 0.717) is 128 Å². The number of aromatic nitrogens is 4. The first-order valence-electron chi connectivity index (χ1n) is 45.0. The fourth-order valence-corrected chi connectivity index (χ4v) is 27.3. The van der Waals surface area contributed by atoms with E-state index in [1.165, 1.54) is 111 Å². The third kappa shape index (κ3) is 27.7. The number of benzene rings is 4. The number of carbonyl (C=O) groups excluding carboxylic acids is 4. The SMILES string of the molecule is C.C.COCCCCCC(=O)Cc1sc2c(c1-c1nc3cc(C(F)(F)F)ccc3s1)CC(C)CC2.COCCCCCC(=O)Cc1sc2c(c1-c1nc3cc(C(F)(F)F)ccc3s1)CC(C)NC2.COCCCCCC(=O)Cc1sc2c(c1-c1nc3cc(C(F)(F)F)ccc3s1)CCCC2C.COCCCCCC(=O)Cc1sc2c(c1-c1nc3cc(C(F)(F)F)ccc3s1)CCNC2C. The minimum absolute atomic E-state index is 0. The minimum atomic E-state index is -4.40. The topological polar surface area (TPSA) is 181 Å². The van der Waals surface area contributed by atoms with Gasteiger partial charge in [0.1, 0.15) is 43.2 Å². The lowest BCUT2D eigenvalue weighted by atomic mass is 9.87. The number of carbonyl (C=O) groups is 4. The van der Waals surface area contributed by atoms with Crippen LogP contribution in [0.4, 0.5) is 52.7 Å². The van der Waals surface area contributed by atoms with Crippen LogP contribution in [0.5, 0.6) is 0 Å². The molecule has 14 nitrogen and oxygen atoms in total. The number of aryl methyl sites for hydroxylation is 1. The average Bonchev–Trinajstić information content (AvgIpc) is 1.63. The van der Waals surface area contributed by atoms with Crippen LogP contribution in [-0.2, 0) is 127 Å². The third-order valence-corrected chi connectivity index (χ3v) is 33.8. The molecule has 0 radical (unpaired) electrons. The van der Waals surface area contributed by atoms with Crippen molar-refractivity contribution in [2.45, 2.75) is 272 Å². The van der Waals surface area contributed by atoms with Gasteiger partial charge in [0.15, 0.2) is 0 Å². The number of hydrogen-bond donors (Lipinski definition) is 2. The zero-order valence-electron chi connectivity index (χ0n) is 75.1. The fourth-order valence-electron chi connectivity index (χ4n) is 17.3. The maximum Gasteiger partial charge on any atom is 0.416 e. The number of fused-ring (bicyclic) bond motifs is 8. The smallest absolute Gasteiger partial charge is 0.385 e. The van der Waals surface area contributed by atoms with Crippen molar-refractivity contribution in [1.82, 2.24) is 30.6 Å². The van der Waals surface area contributed by atoms with Crippen molar-refractivity contribution in [3.05, 3.63) is 156 Å². The molecule has 0 bridgehead atoms. The molecular formula is C100H118F12N6O8S8. The van der Waals surface area contributed by atoms with Gasteiger partial charge in [0.2, 0.25) is 0 Å². The molecular weight excluding hydrogens is 1900 g/mol. The molecule has 0 fully saturated rings. The molecule has 0 spiro atoms. The lowest BCUT2D eigenvalue weighted by Gasteiger charge is -2.20. The number of thiophene rings is 4. The van der Waals surface area contributed by atoms with Gasteiger partial charge in [-0.15, -0.1) is 90.7 Å². The van der Waals surface area contributed by atoms with Crippen LogP contribution < -0.4 is 10.6 Å². The highest BCUT2D eigenvalue weighted by Crippen LogP contribution is 2.52. The number of halogens is 12. The van der Waals surface area contributed by atoms with Gasteiger partial charge in [-0.25, -0.2) is 19.9 Å². The van der Waals surface area contributed by atoms with Gasteiger partial charge >= 0.3 is 24.7 Å². The van der Waals surface area contributed by atoms with E-state index in [4.69, 9.17) is 18.9 Å². The molecule has 2 aliphatic carbocycles. The summed E-state index contributed by atoms with van der Waals surface area (Å²) in [6.45, 7) is 13.1. The van der Waals surface area contributed by atoms with Crippen LogP contribution in [0.25, 0.3) is 83.2 Å². The molecule has 0 amide bonds. The monoisotopic (exact) mass is 2010 g/mol. The Kier molecular flexibility index (Phi) is 38.9. The van der Waals surface area contributed by atoms with Crippen molar-refractivity contribution < 1.29 is 90.8 Å². The van der Waals surface area contributed by atoms with Gasteiger partial charge in [0.25, 0.3) is 0 Å². The Morgan fingerprint density at radius 3 is 1.06 bits per heavy atom. The van der Waals surface area contributed by atoms with Crippen LogP contribution in [0, 0.1) is 5.92 Å². The van der Waals surface area contributed by atoms with E-state index < -0.39 is 47.0 Å². The fraction of sp³-hybridized carbons (Fsp3) is 0.520. The number of rotatable bonds is 36. The summed E-state index contributed by atoms with van der Waals surface area (Å²) in [5, 5.41) is 9.80. The second kappa shape index (κ2) is 48.6. The number of thiazole rings is 4. The molecule has 4 aromatic carbocycles. The van der Waals surface area contributed by atoms with E-state index in [-0.39, 0.29) is 44.0 Å². The third-order valence-electron chi connectivity index (χ3n) is 24.2. The number of nitrogens with one attached hydrogen (secondary N) is 2. The van der Waals surface area contributed by atoms with Crippen molar-refractivity contribution >= 4 is 155 Å². The lowest BCUT2D eigenvalue weighted by molar-refractivity contribution is -0.138. The number of ether oxygens (including phenoxy) is 4. The first kappa shape index (κ1) is 107. The Balaban J connectivity index is 0.000000171. The maximum absolute atomic E-state index is 13.2. The molecule has 0 saturated carbocycles. The summed E-state index contributed by atoms with van der Waals surface area (Å²) in [4.78, 5) is 78.6. The van der Waals surface area contributed by atoms with Gasteiger partial charge < -0.3 is 29.6 Å². The molecule has 16 rings (SSSR count). The number of alkyl halides is 12.